The van der Waals surface area contributed by atoms with Crippen LogP contribution >= 0.6 is 0 Å². The number of carbonyl (C=O) groups excluding carboxylic acids is 1. The first-order valence-corrected chi connectivity index (χ1v) is 6.74. The van der Waals surface area contributed by atoms with Gasteiger partial charge in [0.2, 0.25) is 0 Å². The predicted molar refractivity (Wildman–Crippen MR) is 65.0 cm³/mol. The van der Waals surface area contributed by atoms with E-state index < -0.39 is 24.2 Å². The zero-order chi connectivity index (χ0) is 15.3. The number of halogens is 3. The number of fused-ring (bicyclic) bond motifs is 2. The van der Waals surface area contributed by atoms with Crippen molar-refractivity contribution >= 4 is 6.09 Å². The minimum Gasteiger partial charge on any atom is -0.444 e. The summed E-state index contributed by atoms with van der Waals surface area (Å²) >= 11 is 0. The summed E-state index contributed by atoms with van der Waals surface area (Å²) in [6.07, 6.45) is -5.17. The van der Waals surface area contributed by atoms with Crippen LogP contribution in [0.4, 0.5) is 18.0 Å². The summed E-state index contributed by atoms with van der Waals surface area (Å²) in [5.41, 5.74) is -0.611. The van der Waals surface area contributed by atoms with Gasteiger partial charge in [-0.15, -0.1) is 13.2 Å². The maximum absolute atomic E-state index is 12.3. The number of rotatable bonds is 1. The number of ether oxygens (including phenoxy) is 2. The van der Waals surface area contributed by atoms with Gasteiger partial charge in [-0.25, -0.2) is 4.79 Å². The maximum atomic E-state index is 12.3. The fraction of sp³-hybridized carbons (Fsp3) is 0.923. The molecule has 0 N–H and O–H groups in total. The molecule has 2 fully saturated rings. The van der Waals surface area contributed by atoms with Crippen LogP contribution in [-0.2, 0) is 9.47 Å². The number of piperidine rings is 1. The molecule has 1 saturated carbocycles. The number of hydrogen-bond donors (Lipinski definition) is 0. The molecule has 2 bridgehead atoms. The molecule has 116 valence electrons. The molecule has 1 aliphatic carbocycles. The van der Waals surface area contributed by atoms with E-state index in [2.05, 4.69) is 4.74 Å². The van der Waals surface area contributed by atoms with Crippen molar-refractivity contribution < 1.29 is 27.4 Å². The van der Waals surface area contributed by atoms with Gasteiger partial charge in [0.05, 0.1) is 6.10 Å². The Morgan fingerprint density at radius 2 is 1.80 bits per heavy atom. The molecule has 1 heterocycles. The number of likely N-dealkylation sites (tertiary alicyclic amines) is 1. The molecular formula is C13H20F3NO3. The van der Waals surface area contributed by atoms with Gasteiger partial charge in [0, 0.05) is 18.0 Å². The van der Waals surface area contributed by atoms with Crippen molar-refractivity contribution in [3.8, 4) is 0 Å². The smallest absolute Gasteiger partial charge is 0.444 e. The third-order valence-corrected chi connectivity index (χ3v) is 3.87. The van der Waals surface area contributed by atoms with E-state index in [1.54, 1.807) is 32.6 Å². The lowest BCUT2D eigenvalue weighted by Crippen LogP contribution is -2.50. The molecule has 7 heteroatoms. The molecule has 1 saturated heterocycles. The maximum Gasteiger partial charge on any atom is 0.522 e. The fourth-order valence-corrected chi connectivity index (χ4v) is 3.22. The molecule has 2 rings (SSSR count). The number of alkyl halides is 3. The first-order chi connectivity index (χ1) is 8.98. The van der Waals surface area contributed by atoms with E-state index in [9.17, 15) is 18.0 Å². The van der Waals surface area contributed by atoms with Gasteiger partial charge < -0.3 is 9.64 Å². The van der Waals surface area contributed by atoms with Gasteiger partial charge in [-0.1, -0.05) is 0 Å². The zero-order valence-corrected chi connectivity index (χ0v) is 12.0. The van der Waals surface area contributed by atoms with Crippen molar-refractivity contribution in [1.29, 1.82) is 0 Å². The average molecular weight is 295 g/mol. The largest absolute Gasteiger partial charge is 0.522 e. The second-order valence-electron chi connectivity index (χ2n) is 6.52. The van der Waals surface area contributed by atoms with Crippen molar-refractivity contribution in [3.05, 3.63) is 0 Å². The summed E-state index contributed by atoms with van der Waals surface area (Å²) in [7, 11) is 0. The summed E-state index contributed by atoms with van der Waals surface area (Å²) in [6.45, 7) is 7.04. The summed E-state index contributed by atoms with van der Waals surface area (Å²) in [5, 5.41) is 0. The second-order valence-corrected chi connectivity index (χ2v) is 6.52. The second kappa shape index (κ2) is 4.79. The molecule has 20 heavy (non-hydrogen) atoms. The van der Waals surface area contributed by atoms with E-state index in [0.717, 1.165) is 0 Å². The summed E-state index contributed by atoms with van der Waals surface area (Å²) in [5.74, 6) is -0.283. The van der Waals surface area contributed by atoms with Crippen molar-refractivity contribution in [3.63, 3.8) is 0 Å². The highest BCUT2D eigenvalue weighted by atomic mass is 19.4. The van der Waals surface area contributed by atoms with E-state index >= 15 is 0 Å². The average Bonchev–Trinajstić information content (AvgIpc) is 2.68. The highest BCUT2D eigenvalue weighted by Crippen LogP contribution is 2.46. The molecule has 2 aliphatic rings. The fourth-order valence-electron chi connectivity index (χ4n) is 3.22. The van der Waals surface area contributed by atoms with Gasteiger partial charge in [0.15, 0.2) is 0 Å². The standard InChI is InChI=1S/C13H20F3NO3/c1-7-9-5-8(6-10(9)19-13(14,15)16)17(7)11(18)20-12(2,3)4/h7-10H,5-6H2,1-4H3/t7-,8+,9+,10-/m0/s1. The van der Waals surface area contributed by atoms with Crippen LogP contribution in [-0.4, -0.2) is 41.1 Å². The van der Waals surface area contributed by atoms with Crippen molar-refractivity contribution in [1.82, 2.24) is 4.90 Å². The molecule has 4 atom stereocenters. The zero-order valence-electron chi connectivity index (χ0n) is 12.0. The molecule has 0 aromatic rings. The van der Waals surface area contributed by atoms with Crippen LogP contribution in [0.5, 0.6) is 0 Å². The Morgan fingerprint density at radius 3 is 2.25 bits per heavy atom. The van der Waals surface area contributed by atoms with Crippen LogP contribution in [0.25, 0.3) is 0 Å². The molecule has 4 nitrogen and oxygen atoms in total. The number of nitrogens with zero attached hydrogens (tertiary/aromatic N) is 1. The molecule has 0 aromatic heterocycles. The minimum atomic E-state index is -4.62. The SMILES string of the molecule is C[C@H]1[C@H]2C[C@H](C[C@@H]2OC(F)(F)F)N1C(=O)OC(C)(C)C. The van der Waals surface area contributed by atoms with Crippen LogP contribution < -0.4 is 0 Å². The monoisotopic (exact) mass is 295 g/mol. The summed E-state index contributed by atoms with van der Waals surface area (Å²) in [6, 6.07) is -0.520. The molecule has 1 amide bonds. The molecule has 1 aliphatic heterocycles. The third-order valence-electron chi connectivity index (χ3n) is 3.87. The Labute approximate surface area is 116 Å². The van der Waals surface area contributed by atoms with Crippen molar-refractivity contribution in [2.24, 2.45) is 5.92 Å². The van der Waals surface area contributed by atoms with Crippen LogP contribution in [0.1, 0.15) is 40.5 Å². The number of hydrogen-bond acceptors (Lipinski definition) is 3. The van der Waals surface area contributed by atoms with Gasteiger partial charge in [0.25, 0.3) is 0 Å². The Hall–Kier alpha value is -0.980. The minimum absolute atomic E-state index is 0.216. The number of carbonyl (C=O) groups is 1. The Kier molecular flexibility index (Phi) is 3.69. The summed E-state index contributed by atoms with van der Waals surface area (Å²) < 4.78 is 46.4. The quantitative estimate of drug-likeness (QED) is 0.745. The van der Waals surface area contributed by atoms with Gasteiger partial charge >= 0.3 is 12.5 Å². The van der Waals surface area contributed by atoms with Crippen LogP contribution in [0.3, 0.4) is 0 Å². The van der Waals surface area contributed by atoms with Gasteiger partial charge in [0.1, 0.15) is 5.60 Å². The lowest BCUT2D eigenvalue weighted by molar-refractivity contribution is -0.348. The number of amides is 1. The molecule has 0 spiro atoms. The molecule has 0 unspecified atom stereocenters. The van der Waals surface area contributed by atoms with Gasteiger partial charge in [-0.2, -0.15) is 0 Å². The highest BCUT2D eigenvalue weighted by molar-refractivity contribution is 5.69. The topological polar surface area (TPSA) is 38.8 Å². The van der Waals surface area contributed by atoms with Crippen molar-refractivity contribution in [2.45, 2.75) is 70.7 Å². The highest BCUT2D eigenvalue weighted by Gasteiger charge is 2.55. The van der Waals surface area contributed by atoms with Gasteiger partial charge in [-0.3, -0.25) is 4.74 Å². The lowest BCUT2D eigenvalue weighted by atomic mass is 9.97. The Bertz CT molecular complexity index is 389. The van der Waals surface area contributed by atoms with Crippen LogP contribution in [0, 0.1) is 5.92 Å². The van der Waals surface area contributed by atoms with Crippen LogP contribution in [0.2, 0.25) is 0 Å². The molecule has 0 aromatic carbocycles. The first-order valence-electron chi connectivity index (χ1n) is 6.74. The van der Waals surface area contributed by atoms with E-state index in [1.807, 2.05) is 0 Å². The third kappa shape index (κ3) is 3.19. The normalized spacial score (nSPS) is 33.6. The lowest BCUT2D eigenvalue weighted by Gasteiger charge is -2.37. The summed E-state index contributed by atoms with van der Waals surface area (Å²) in [4.78, 5) is 13.7. The molecular weight excluding hydrogens is 275 g/mol. The Balaban J connectivity index is 2.01. The first kappa shape index (κ1) is 15.4. The van der Waals surface area contributed by atoms with Gasteiger partial charge in [-0.05, 0) is 40.5 Å². The van der Waals surface area contributed by atoms with Crippen molar-refractivity contribution in [2.75, 3.05) is 0 Å². The molecule has 0 radical (unpaired) electrons. The Morgan fingerprint density at radius 1 is 1.20 bits per heavy atom. The van der Waals surface area contributed by atoms with E-state index in [-0.39, 0.29) is 24.4 Å². The van der Waals surface area contributed by atoms with E-state index in [4.69, 9.17) is 4.74 Å². The van der Waals surface area contributed by atoms with E-state index in [1.165, 1.54) is 0 Å². The van der Waals surface area contributed by atoms with E-state index in [0.29, 0.717) is 6.42 Å². The predicted octanol–water partition coefficient (Wildman–Crippen LogP) is 3.31. The van der Waals surface area contributed by atoms with Crippen LogP contribution in [0.15, 0.2) is 0 Å².